The molecule has 2 aliphatic rings. The fourth-order valence-electron chi connectivity index (χ4n) is 4.72. The molecule has 33 heavy (non-hydrogen) atoms. The van der Waals surface area contributed by atoms with E-state index in [1.54, 1.807) is 32.5 Å². The molecule has 0 unspecified atom stereocenters. The van der Waals surface area contributed by atoms with Crippen LogP contribution in [0.15, 0.2) is 71.5 Å². The number of benzene rings is 1. The van der Waals surface area contributed by atoms with Gasteiger partial charge in [0.05, 0.1) is 25.2 Å². The molecule has 2 heterocycles. The first kappa shape index (κ1) is 22.6. The molecule has 0 fully saturated rings. The largest absolute Gasteiger partial charge is 0.497 e. The number of esters is 1. The molecule has 4 rings (SSSR count). The van der Waals surface area contributed by atoms with Crippen LogP contribution in [0.4, 0.5) is 5.69 Å². The highest BCUT2D eigenvalue weighted by Gasteiger charge is 2.46. The number of aromatic nitrogens is 1. The third-order valence-corrected chi connectivity index (χ3v) is 6.10. The number of nitrogens with zero attached hydrogens (tertiary/aromatic N) is 2. The van der Waals surface area contributed by atoms with Crippen LogP contribution in [0.5, 0.6) is 5.75 Å². The summed E-state index contributed by atoms with van der Waals surface area (Å²) in [5.41, 5.74) is 9.61. The highest BCUT2D eigenvalue weighted by molar-refractivity contribution is 6.05. The van der Waals surface area contributed by atoms with Gasteiger partial charge in [0.15, 0.2) is 5.78 Å². The molecule has 2 N–H and O–H groups in total. The smallest absolute Gasteiger partial charge is 0.338 e. The van der Waals surface area contributed by atoms with E-state index >= 15 is 0 Å². The van der Waals surface area contributed by atoms with Crippen molar-refractivity contribution < 1.29 is 19.1 Å². The summed E-state index contributed by atoms with van der Waals surface area (Å²) in [6.07, 6.45) is 4.36. The summed E-state index contributed by atoms with van der Waals surface area (Å²) >= 11 is 0. The van der Waals surface area contributed by atoms with Gasteiger partial charge in [-0.05, 0) is 54.7 Å². The van der Waals surface area contributed by atoms with Crippen LogP contribution in [0, 0.1) is 5.41 Å². The van der Waals surface area contributed by atoms with E-state index in [9.17, 15) is 9.59 Å². The van der Waals surface area contributed by atoms with Gasteiger partial charge in [0.25, 0.3) is 0 Å². The van der Waals surface area contributed by atoms with Gasteiger partial charge in [-0.2, -0.15) is 0 Å². The Bertz CT molecular complexity index is 1130. The number of allylic oxidation sites excluding steroid dienone is 2. The molecule has 7 heteroatoms. The molecule has 0 saturated heterocycles. The van der Waals surface area contributed by atoms with Gasteiger partial charge in [0.2, 0.25) is 0 Å². The molecule has 172 valence electrons. The van der Waals surface area contributed by atoms with Crippen LogP contribution >= 0.6 is 0 Å². The van der Waals surface area contributed by atoms with Gasteiger partial charge < -0.3 is 15.2 Å². The molecule has 0 radical (unpaired) electrons. The van der Waals surface area contributed by atoms with Crippen molar-refractivity contribution in [1.82, 2.24) is 4.98 Å². The topological polar surface area (TPSA) is 94.8 Å². The van der Waals surface area contributed by atoms with Crippen LogP contribution in [-0.2, 0) is 14.3 Å². The second-order valence-corrected chi connectivity index (χ2v) is 9.07. The maximum Gasteiger partial charge on any atom is 0.338 e. The summed E-state index contributed by atoms with van der Waals surface area (Å²) in [5.74, 6) is -0.205. The Balaban J connectivity index is 1.99. The van der Waals surface area contributed by atoms with E-state index in [2.05, 4.69) is 18.8 Å². The lowest BCUT2D eigenvalue weighted by Crippen LogP contribution is -2.43. The number of pyridine rings is 1. The number of carbonyl (C=O) groups excluding carboxylic acids is 2. The Morgan fingerprint density at radius 2 is 1.94 bits per heavy atom. The van der Waals surface area contributed by atoms with Gasteiger partial charge in [0.1, 0.15) is 11.6 Å². The Hall–Kier alpha value is -3.61. The quantitative estimate of drug-likeness (QED) is 0.691. The van der Waals surface area contributed by atoms with E-state index in [1.165, 1.54) is 0 Å². The van der Waals surface area contributed by atoms with Crippen molar-refractivity contribution in [1.29, 1.82) is 0 Å². The van der Waals surface area contributed by atoms with Crippen molar-refractivity contribution in [2.24, 2.45) is 11.1 Å². The average Bonchev–Trinajstić information content (AvgIpc) is 2.78. The first-order chi connectivity index (χ1) is 15.8. The van der Waals surface area contributed by atoms with E-state index < -0.39 is 11.9 Å². The zero-order chi connectivity index (χ0) is 23.8. The Morgan fingerprint density at radius 3 is 2.55 bits per heavy atom. The van der Waals surface area contributed by atoms with Crippen LogP contribution in [0.25, 0.3) is 0 Å². The van der Waals surface area contributed by atoms with Gasteiger partial charge in [-0.1, -0.05) is 19.9 Å². The molecule has 1 aliphatic carbocycles. The summed E-state index contributed by atoms with van der Waals surface area (Å²) in [6.45, 7) is 6.09. The molecule has 1 aromatic heterocycles. The predicted molar refractivity (Wildman–Crippen MR) is 125 cm³/mol. The summed E-state index contributed by atoms with van der Waals surface area (Å²) in [4.78, 5) is 32.9. The lowest BCUT2D eigenvalue weighted by molar-refractivity contribution is -0.138. The van der Waals surface area contributed by atoms with Crippen molar-refractivity contribution in [3.05, 3.63) is 77.0 Å². The zero-order valence-corrected chi connectivity index (χ0v) is 19.4. The van der Waals surface area contributed by atoms with Crippen LogP contribution in [-0.4, -0.2) is 30.5 Å². The maximum absolute atomic E-state index is 13.6. The average molecular weight is 448 g/mol. The van der Waals surface area contributed by atoms with Crippen molar-refractivity contribution in [2.75, 3.05) is 18.6 Å². The van der Waals surface area contributed by atoms with Crippen LogP contribution in [0.2, 0.25) is 0 Å². The number of hydrogen-bond acceptors (Lipinski definition) is 7. The highest BCUT2D eigenvalue weighted by Crippen LogP contribution is 2.50. The number of Topliss-reactive ketones (excluding diaryl/α,β-unsaturated/α-hetero) is 1. The summed E-state index contributed by atoms with van der Waals surface area (Å²) in [5, 5.41) is 0. The number of hydrogen-bond donors (Lipinski definition) is 1. The molecule has 1 aromatic carbocycles. The molecule has 2 aromatic rings. The number of anilines is 1. The first-order valence-corrected chi connectivity index (χ1v) is 11.0. The van der Waals surface area contributed by atoms with Gasteiger partial charge >= 0.3 is 5.97 Å². The van der Waals surface area contributed by atoms with Gasteiger partial charge in [-0.15, -0.1) is 0 Å². The van der Waals surface area contributed by atoms with Gasteiger partial charge in [0, 0.05) is 35.8 Å². The lowest BCUT2D eigenvalue weighted by Gasteiger charge is -2.44. The Labute approximate surface area is 193 Å². The van der Waals surface area contributed by atoms with Crippen molar-refractivity contribution in [3.8, 4) is 5.75 Å². The van der Waals surface area contributed by atoms with Gasteiger partial charge in [-0.3, -0.25) is 14.7 Å². The number of ether oxygens (including phenoxy) is 2. The van der Waals surface area contributed by atoms with Crippen molar-refractivity contribution in [3.63, 3.8) is 0 Å². The minimum absolute atomic E-state index is 0.00270. The summed E-state index contributed by atoms with van der Waals surface area (Å²) in [7, 11) is 1.60. The molecule has 0 bridgehead atoms. The van der Waals surface area contributed by atoms with Crippen LogP contribution < -0.4 is 15.4 Å². The standard InChI is InChI=1S/C26H29N3O4/c1-5-33-25(31)23-21(16-7-6-12-28-15-16)22-19(13-26(2,3)14-20(22)30)29(24(23)27)17-8-10-18(32-4)11-9-17/h6-12,15,21H,5,13-14,27H2,1-4H3/t21-/m1/s1. The lowest BCUT2D eigenvalue weighted by atomic mass is 9.68. The highest BCUT2D eigenvalue weighted by atomic mass is 16.5. The van der Waals surface area contributed by atoms with Crippen molar-refractivity contribution in [2.45, 2.75) is 39.5 Å². The van der Waals surface area contributed by atoms with Gasteiger partial charge in [-0.25, -0.2) is 4.79 Å². The fourth-order valence-corrected chi connectivity index (χ4v) is 4.72. The number of carbonyl (C=O) groups is 2. The van der Waals surface area contributed by atoms with E-state index in [-0.39, 0.29) is 29.2 Å². The normalized spacial score (nSPS) is 19.9. The summed E-state index contributed by atoms with van der Waals surface area (Å²) < 4.78 is 10.7. The van der Waals surface area contributed by atoms with Crippen LogP contribution in [0.1, 0.15) is 45.1 Å². The number of methoxy groups -OCH3 is 1. The van der Waals surface area contributed by atoms with E-state index in [0.717, 1.165) is 16.9 Å². The maximum atomic E-state index is 13.6. The second kappa shape index (κ2) is 8.73. The molecule has 1 atom stereocenters. The number of nitrogens with two attached hydrogens (primary N) is 1. The molecule has 0 saturated carbocycles. The molecular formula is C26H29N3O4. The second-order valence-electron chi connectivity index (χ2n) is 9.07. The third-order valence-electron chi connectivity index (χ3n) is 6.10. The molecule has 1 aliphatic heterocycles. The first-order valence-electron chi connectivity index (χ1n) is 11.0. The number of ketones is 1. The third kappa shape index (κ3) is 4.11. The monoisotopic (exact) mass is 447 g/mol. The minimum atomic E-state index is -0.633. The van der Waals surface area contributed by atoms with E-state index in [0.29, 0.717) is 24.2 Å². The Kier molecular flexibility index (Phi) is 5.97. The SMILES string of the molecule is CCOC(=O)C1=C(N)N(c2ccc(OC)cc2)C2=C(C(=O)CC(C)(C)C2)[C@H]1c1cccnc1. The number of rotatable bonds is 5. The molecular weight excluding hydrogens is 418 g/mol. The fraction of sp³-hybridized carbons (Fsp3) is 0.346. The molecule has 7 nitrogen and oxygen atoms in total. The predicted octanol–water partition coefficient (Wildman–Crippen LogP) is 4.07. The van der Waals surface area contributed by atoms with E-state index in [1.807, 2.05) is 35.2 Å². The van der Waals surface area contributed by atoms with Crippen LogP contribution in [0.3, 0.4) is 0 Å². The van der Waals surface area contributed by atoms with E-state index in [4.69, 9.17) is 15.2 Å². The zero-order valence-electron chi connectivity index (χ0n) is 19.4. The molecule has 0 amide bonds. The Morgan fingerprint density at radius 1 is 1.21 bits per heavy atom. The minimum Gasteiger partial charge on any atom is -0.497 e. The molecule has 0 spiro atoms. The summed E-state index contributed by atoms with van der Waals surface area (Å²) in [6, 6.07) is 11.1. The van der Waals surface area contributed by atoms with Crippen molar-refractivity contribution >= 4 is 17.4 Å².